The Balaban J connectivity index is 0.000000473. The second-order valence-corrected chi connectivity index (χ2v) is 3.59. The van der Waals surface area contributed by atoms with Crippen LogP contribution in [0.2, 0.25) is 0 Å². The van der Waals surface area contributed by atoms with Gasteiger partial charge in [-0.15, -0.1) is 0 Å². The van der Waals surface area contributed by atoms with Gasteiger partial charge in [0.15, 0.2) is 0 Å². The molecule has 1 aromatic rings. The highest BCUT2D eigenvalue weighted by Crippen LogP contribution is 1.62. The molecule has 1 rings (SSSR count). The molecule has 1 heterocycles. The first kappa shape index (κ1) is 17.0. The van der Waals surface area contributed by atoms with Gasteiger partial charge in [-0.1, -0.05) is 0 Å². The third-order valence-electron chi connectivity index (χ3n) is 2.01. The second-order valence-electron chi connectivity index (χ2n) is 3.59. The summed E-state index contributed by atoms with van der Waals surface area (Å²) < 4.78 is 0. The topological polar surface area (TPSA) is 117 Å². The second kappa shape index (κ2) is 16.0. The van der Waals surface area contributed by atoms with Gasteiger partial charge in [-0.3, -0.25) is 0 Å². The average molecular weight is 257 g/mol. The first-order valence-corrected chi connectivity index (χ1v) is 6.36. The Morgan fingerprint density at radius 3 is 1.61 bits per heavy atom. The molecule has 0 aromatic carbocycles. The number of nitrogens with one attached hydrogen (secondary N) is 4. The standard InChI is InChI=1S/C8H23N5.C3H4N2/c9-1-3-11-5-7-13-8-6-12-4-2-10;1-2-5-3-4-1/h11-13H,1-10H2;1-3H,(H,4,5). The molecular formula is C11H27N7. The van der Waals surface area contributed by atoms with Crippen LogP contribution in [0.1, 0.15) is 0 Å². The monoisotopic (exact) mass is 257 g/mol. The fraction of sp³-hybridized carbons (Fsp3) is 0.727. The van der Waals surface area contributed by atoms with Crippen LogP contribution in [0.4, 0.5) is 0 Å². The molecular weight excluding hydrogens is 230 g/mol. The molecule has 106 valence electrons. The van der Waals surface area contributed by atoms with Crippen LogP contribution in [-0.4, -0.2) is 62.3 Å². The molecule has 0 aliphatic rings. The molecule has 0 unspecified atom stereocenters. The normalized spacial score (nSPS) is 9.89. The summed E-state index contributed by atoms with van der Waals surface area (Å²) in [5.74, 6) is 0. The van der Waals surface area contributed by atoms with E-state index in [2.05, 4.69) is 25.9 Å². The molecule has 0 aliphatic heterocycles. The van der Waals surface area contributed by atoms with Gasteiger partial charge in [-0.2, -0.15) is 0 Å². The zero-order valence-corrected chi connectivity index (χ0v) is 11.0. The van der Waals surface area contributed by atoms with Crippen molar-refractivity contribution in [2.45, 2.75) is 0 Å². The zero-order chi connectivity index (χ0) is 13.3. The van der Waals surface area contributed by atoms with Gasteiger partial charge in [0.1, 0.15) is 0 Å². The van der Waals surface area contributed by atoms with Gasteiger partial charge < -0.3 is 32.4 Å². The number of aromatic amines is 1. The van der Waals surface area contributed by atoms with E-state index >= 15 is 0 Å². The highest BCUT2D eigenvalue weighted by molar-refractivity contribution is 4.64. The summed E-state index contributed by atoms with van der Waals surface area (Å²) in [7, 11) is 0. The first-order valence-electron chi connectivity index (χ1n) is 6.36. The summed E-state index contributed by atoms with van der Waals surface area (Å²) in [6.07, 6.45) is 5.08. The molecule has 0 aliphatic carbocycles. The Kier molecular flexibility index (Phi) is 15.1. The number of aromatic nitrogens is 2. The predicted octanol–water partition coefficient (Wildman–Crippen LogP) is -1.92. The maximum absolute atomic E-state index is 5.32. The Hall–Kier alpha value is -0.990. The summed E-state index contributed by atoms with van der Waals surface area (Å²) in [6, 6.07) is 0. The minimum atomic E-state index is 0.706. The van der Waals surface area contributed by atoms with Crippen LogP contribution >= 0.6 is 0 Å². The quantitative estimate of drug-likeness (QED) is 0.272. The highest BCUT2D eigenvalue weighted by atomic mass is 15.0. The number of imidazole rings is 1. The average Bonchev–Trinajstić information content (AvgIpc) is 2.96. The lowest BCUT2D eigenvalue weighted by Gasteiger charge is -2.06. The summed E-state index contributed by atoms with van der Waals surface area (Å²) in [6.45, 7) is 7.15. The van der Waals surface area contributed by atoms with E-state index in [-0.39, 0.29) is 0 Å². The molecule has 7 nitrogen and oxygen atoms in total. The molecule has 0 saturated heterocycles. The number of rotatable bonds is 10. The van der Waals surface area contributed by atoms with Gasteiger partial charge in [0.25, 0.3) is 0 Å². The number of nitrogens with zero attached hydrogens (tertiary/aromatic N) is 1. The van der Waals surface area contributed by atoms with Crippen molar-refractivity contribution in [2.24, 2.45) is 11.5 Å². The van der Waals surface area contributed by atoms with E-state index in [0.717, 1.165) is 39.3 Å². The van der Waals surface area contributed by atoms with Crippen LogP contribution in [0.5, 0.6) is 0 Å². The fourth-order valence-corrected chi connectivity index (χ4v) is 1.15. The smallest absolute Gasteiger partial charge is 0.0919 e. The van der Waals surface area contributed by atoms with Crippen molar-refractivity contribution in [3.05, 3.63) is 18.7 Å². The van der Waals surface area contributed by atoms with Crippen LogP contribution in [0.3, 0.4) is 0 Å². The van der Waals surface area contributed by atoms with Crippen molar-refractivity contribution >= 4 is 0 Å². The molecule has 0 saturated carbocycles. The van der Waals surface area contributed by atoms with Crippen LogP contribution in [0.25, 0.3) is 0 Å². The van der Waals surface area contributed by atoms with Crippen molar-refractivity contribution in [3.63, 3.8) is 0 Å². The number of H-pyrrole nitrogens is 1. The minimum absolute atomic E-state index is 0.706. The van der Waals surface area contributed by atoms with E-state index in [9.17, 15) is 0 Å². The Morgan fingerprint density at radius 2 is 1.33 bits per heavy atom. The minimum Gasteiger partial charge on any atom is -0.351 e. The zero-order valence-electron chi connectivity index (χ0n) is 11.0. The predicted molar refractivity (Wildman–Crippen MR) is 75.3 cm³/mol. The van der Waals surface area contributed by atoms with Gasteiger partial charge in [0.2, 0.25) is 0 Å². The molecule has 0 atom stereocenters. The lowest BCUT2D eigenvalue weighted by Crippen LogP contribution is -2.35. The molecule has 0 radical (unpaired) electrons. The van der Waals surface area contributed by atoms with Gasteiger partial charge in [-0.25, -0.2) is 4.98 Å². The molecule has 0 bridgehead atoms. The van der Waals surface area contributed by atoms with E-state index in [1.54, 1.807) is 18.7 Å². The SMILES string of the molecule is NCCNCCNCCNCCN.c1c[nH]cn1. The third kappa shape index (κ3) is 15.0. The molecule has 18 heavy (non-hydrogen) atoms. The van der Waals surface area contributed by atoms with Gasteiger partial charge in [0, 0.05) is 64.8 Å². The number of hydrogen-bond acceptors (Lipinski definition) is 6. The third-order valence-corrected chi connectivity index (χ3v) is 2.01. The van der Waals surface area contributed by atoms with Crippen molar-refractivity contribution in [3.8, 4) is 0 Å². The van der Waals surface area contributed by atoms with Crippen LogP contribution in [0, 0.1) is 0 Å². The summed E-state index contributed by atoms with van der Waals surface area (Å²) in [4.78, 5) is 6.42. The van der Waals surface area contributed by atoms with E-state index in [1.165, 1.54) is 0 Å². The maximum Gasteiger partial charge on any atom is 0.0919 e. The molecule has 8 N–H and O–H groups in total. The van der Waals surface area contributed by atoms with Crippen molar-refractivity contribution < 1.29 is 0 Å². The first-order chi connectivity index (χ1) is 8.91. The van der Waals surface area contributed by atoms with Crippen molar-refractivity contribution in [1.29, 1.82) is 0 Å². The van der Waals surface area contributed by atoms with Gasteiger partial charge >= 0.3 is 0 Å². The molecule has 7 heteroatoms. The molecule has 0 spiro atoms. The Labute approximate surface area is 109 Å². The molecule has 0 amide bonds. The van der Waals surface area contributed by atoms with Crippen LogP contribution < -0.4 is 27.4 Å². The lowest BCUT2D eigenvalue weighted by molar-refractivity contribution is 0.586. The van der Waals surface area contributed by atoms with Crippen molar-refractivity contribution in [1.82, 2.24) is 25.9 Å². The van der Waals surface area contributed by atoms with E-state index in [0.29, 0.717) is 13.1 Å². The van der Waals surface area contributed by atoms with Crippen LogP contribution in [-0.2, 0) is 0 Å². The Bertz CT molecular complexity index is 188. The number of nitrogens with two attached hydrogens (primary N) is 2. The largest absolute Gasteiger partial charge is 0.351 e. The van der Waals surface area contributed by atoms with E-state index in [4.69, 9.17) is 11.5 Å². The van der Waals surface area contributed by atoms with Gasteiger partial charge in [0.05, 0.1) is 6.33 Å². The summed E-state index contributed by atoms with van der Waals surface area (Å²) in [5.41, 5.74) is 10.6. The van der Waals surface area contributed by atoms with Crippen molar-refractivity contribution in [2.75, 3.05) is 52.4 Å². The van der Waals surface area contributed by atoms with E-state index in [1.807, 2.05) is 0 Å². The van der Waals surface area contributed by atoms with Crippen LogP contribution in [0.15, 0.2) is 18.7 Å². The fourth-order valence-electron chi connectivity index (χ4n) is 1.15. The lowest BCUT2D eigenvalue weighted by atomic mass is 10.5. The van der Waals surface area contributed by atoms with Gasteiger partial charge in [-0.05, 0) is 0 Å². The summed E-state index contributed by atoms with van der Waals surface area (Å²) >= 11 is 0. The molecule has 0 fully saturated rings. The summed E-state index contributed by atoms with van der Waals surface area (Å²) in [5, 5.41) is 9.71. The van der Waals surface area contributed by atoms with E-state index < -0.39 is 0 Å². The highest BCUT2D eigenvalue weighted by Gasteiger charge is 1.87. The number of hydrogen-bond donors (Lipinski definition) is 6. The Morgan fingerprint density at radius 1 is 0.833 bits per heavy atom. The molecule has 1 aromatic heterocycles. The maximum atomic E-state index is 5.32.